The Kier molecular flexibility index (Phi) is 3.94. The van der Waals surface area contributed by atoms with Crippen LogP contribution in [0, 0.1) is 0 Å². The summed E-state index contributed by atoms with van der Waals surface area (Å²) < 4.78 is 10.5. The third kappa shape index (κ3) is 2.87. The van der Waals surface area contributed by atoms with E-state index in [-0.39, 0.29) is 6.10 Å². The van der Waals surface area contributed by atoms with Gasteiger partial charge in [-0.15, -0.1) is 0 Å². The molecule has 0 aliphatic heterocycles. The number of methoxy groups -OCH3 is 1. The Labute approximate surface area is 106 Å². The summed E-state index contributed by atoms with van der Waals surface area (Å²) in [6.07, 6.45) is 1.32. The zero-order valence-electron chi connectivity index (χ0n) is 10.6. The average Bonchev–Trinajstić information content (AvgIpc) is 2.82. The third-order valence-electron chi connectivity index (χ3n) is 2.76. The van der Waals surface area contributed by atoms with Crippen LogP contribution in [0.3, 0.4) is 0 Å². The number of aromatic nitrogens is 2. The normalized spacial score (nSPS) is 12.6. The number of rotatable bonds is 5. The van der Waals surface area contributed by atoms with Gasteiger partial charge < -0.3 is 15.0 Å². The molecule has 18 heavy (non-hydrogen) atoms. The number of hydrogen-bond donors (Lipinski definition) is 1. The van der Waals surface area contributed by atoms with Crippen LogP contribution in [0.4, 0.5) is 5.69 Å². The maximum Gasteiger partial charge on any atom is 0.231 e. The van der Waals surface area contributed by atoms with E-state index in [0.29, 0.717) is 18.1 Å². The smallest absolute Gasteiger partial charge is 0.231 e. The van der Waals surface area contributed by atoms with Crippen LogP contribution in [0.15, 0.2) is 28.8 Å². The van der Waals surface area contributed by atoms with Crippen molar-refractivity contribution in [3.05, 3.63) is 41.5 Å². The van der Waals surface area contributed by atoms with Gasteiger partial charge in [-0.3, -0.25) is 0 Å². The van der Waals surface area contributed by atoms with Crippen molar-refractivity contribution in [2.45, 2.75) is 25.9 Å². The van der Waals surface area contributed by atoms with E-state index in [4.69, 9.17) is 15.0 Å². The number of nitrogens with zero attached hydrogens (tertiary/aromatic N) is 2. The molecular formula is C13H17N3O2. The van der Waals surface area contributed by atoms with Crippen LogP contribution < -0.4 is 5.73 Å². The molecule has 0 saturated carbocycles. The predicted molar refractivity (Wildman–Crippen MR) is 68.0 cm³/mol. The van der Waals surface area contributed by atoms with Crippen molar-refractivity contribution >= 4 is 5.69 Å². The summed E-state index contributed by atoms with van der Waals surface area (Å²) in [5.74, 6) is 1.19. The van der Waals surface area contributed by atoms with Crippen molar-refractivity contribution in [3.8, 4) is 0 Å². The van der Waals surface area contributed by atoms with Gasteiger partial charge >= 0.3 is 0 Å². The molecule has 2 aromatic rings. The van der Waals surface area contributed by atoms with Gasteiger partial charge in [0.25, 0.3) is 0 Å². The lowest BCUT2D eigenvalue weighted by atomic mass is 10.1. The van der Waals surface area contributed by atoms with Crippen molar-refractivity contribution in [1.29, 1.82) is 0 Å². The molecule has 0 aliphatic carbocycles. The molecule has 0 aliphatic rings. The van der Waals surface area contributed by atoms with Crippen LogP contribution in [0.25, 0.3) is 0 Å². The van der Waals surface area contributed by atoms with Crippen molar-refractivity contribution in [2.24, 2.45) is 0 Å². The second-order valence-corrected chi connectivity index (χ2v) is 4.10. The molecule has 5 nitrogen and oxygen atoms in total. The highest BCUT2D eigenvalue weighted by molar-refractivity contribution is 5.39. The summed E-state index contributed by atoms with van der Waals surface area (Å²) >= 11 is 0. The summed E-state index contributed by atoms with van der Waals surface area (Å²) in [6, 6.07) is 7.62. The van der Waals surface area contributed by atoms with Crippen LogP contribution in [0.2, 0.25) is 0 Å². The minimum Gasteiger partial charge on any atom is -0.399 e. The summed E-state index contributed by atoms with van der Waals surface area (Å²) in [7, 11) is 1.64. The number of nitrogens with two attached hydrogens (primary N) is 1. The lowest BCUT2D eigenvalue weighted by Gasteiger charge is -2.06. The van der Waals surface area contributed by atoms with Crippen LogP contribution in [0.1, 0.15) is 36.7 Å². The summed E-state index contributed by atoms with van der Waals surface area (Å²) in [6.45, 7) is 2.02. The molecule has 0 fully saturated rings. The molecule has 1 unspecified atom stereocenters. The standard InChI is InChI=1S/C13H17N3O2/c1-3-11(17-2)13-15-12(18-16-13)8-9-4-6-10(14)7-5-9/h4-7,11H,3,8,14H2,1-2H3. The Morgan fingerprint density at radius 1 is 1.33 bits per heavy atom. The molecule has 2 N–H and O–H groups in total. The van der Waals surface area contributed by atoms with Crippen LogP contribution in [-0.4, -0.2) is 17.3 Å². The lowest BCUT2D eigenvalue weighted by molar-refractivity contribution is 0.0903. The molecule has 1 atom stereocenters. The van der Waals surface area contributed by atoms with Crippen molar-refractivity contribution in [2.75, 3.05) is 12.8 Å². The molecule has 1 aromatic heterocycles. The minimum atomic E-state index is -0.103. The maximum atomic E-state index is 5.63. The Hall–Kier alpha value is -1.88. The number of anilines is 1. The number of nitrogen functional groups attached to an aromatic ring is 1. The Balaban J connectivity index is 2.08. The first-order valence-corrected chi connectivity index (χ1v) is 5.92. The Morgan fingerprint density at radius 3 is 2.67 bits per heavy atom. The fourth-order valence-corrected chi connectivity index (χ4v) is 1.74. The maximum absolute atomic E-state index is 5.63. The number of benzene rings is 1. The van der Waals surface area contributed by atoms with E-state index in [9.17, 15) is 0 Å². The van der Waals surface area contributed by atoms with E-state index < -0.39 is 0 Å². The first-order valence-electron chi connectivity index (χ1n) is 5.92. The molecule has 5 heteroatoms. The second-order valence-electron chi connectivity index (χ2n) is 4.10. The van der Waals surface area contributed by atoms with Crippen molar-refractivity contribution < 1.29 is 9.26 Å². The molecule has 0 bridgehead atoms. The van der Waals surface area contributed by atoms with Crippen molar-refractivity contribution in [1.82, 2.24) is 10.1 Å². The van der Waals surface area contributed by atoms with E-state index in [1.165, 1.54) is 0 Å². The summed E-state index contributed by atoms with van der Waals surface area (Å²) in [5.41, 5.74) is 7.47. The minimum absolute atomic E-state index is 0.103. The van der Waals surface area contributed by atoms with Gasteiger partial charge in [0.15, 0.2) is 0 Å². The Morgan fingerprint density at radius 2 is 2.06 bits per heavy atom. The van der Waals surface area contributed by atoms with Gasteiger partial charge in [-0.1, -0.05) is 24.2 Å². The van der Waals surface area contributed by atoms with Crippen LogP contribution in [0.5, 0.6) is 0 Å². The highest BCUT2D eigenvalue weighted by atomic mass is 16.5. The molecule has 1 heterocycles. The summed E-state index contributed by atoms with van der Waals surface area (Å²) in [5, 5.41) is 3.94. The van der Waals surface area contributed by atoms with Gasteiger partial charge in [0, 0.05) is 12.8 Å². The van der Waals surface area contributed by atoms with Gasteiger partial charge in [0.05, 0.1) is 6.42 Å². The molecule has 2 rings (SSSR count). The summed E-state index contributed by atoms with van der Waals surface area (Å²) in [4.78, 5) is 4.34. The first kappa shape index (κ1) is 12.6. The topological polar surface area (TPSA) is 74.2 Å². The molecule has 96 valence electrons. The molecule has 0 spiro atoms. The van der Waals surface area contributed by atoms with E-state index in [1.807, 2.05) is 31.2 Å². The molecule has 0 amide bonds. The molecule has 0 radical (unpaired) electrons. The monoisotopic (exact) mass is 247 g/mol. The van der Waals surface area contributed by atoms with Crippen LogP contribution in [-0.2, 0) is 11.2 Å². The van der Waals surface area contributed by atoms with Crippen LogP contribution >= 0.6 is 0 Å². The quantitative estimate of drug-likeness (QED) is 0.821. The van der Waals surface area contributed by atoms with Crippen molar-refractivity contribution in [3.63, 3.8) is 0 Å². The van der Waals surface area contributed by atoms with Gasteiger partial charge in [0.2, 0.25) is 11.7 Å². The fourth-order valence-electron chi connectivity index (χ4n) is 1.74. The Bertz CT molecular complexity index is 489. The highest BCUT2D eigenvalue weighted by Crippen LogP contribution is 2.18. The zero-order chi connectivity index (χ0) is 13.0. The second kappa shape index (κ2) is 5.64. The van der Waals surface area contributed by atoms with E-state index in [0.717, 1.165) is 17.7 Å². The largest absolute Gasteiger partial charge is 0.399 e. The third-order valence-corrected chi connectivity index (χ3v) is 2.76. The lowest BCUT2D eigenvalue weighted by Crippen LogP contribution is -2.02. The number of hydrogen-bond acceptors (Lipinski definition) is 5. The van der Waals surface area contributed by atoms with E-state index in [1.54, 1.807) is 7.11 Å². The van der Waals surface area contributed by atoms with Gasteiger partial charge in [-0.2, -0.15) is 4.98 Å². The van der Waals surface area contributed by atoms with Gasteiger partial charge in [-0.05, 0) is 24.1 Å². The van der Waals surface area contributed by atoms with Gasteiger partial charge in [-0.25, -0.2) is 0 Å². The molecule has 1 aromatic carbocycles. The van der Waals surface area contributed by atoms with E-state index in [2.05, 4.69) is 10.1 Å². The number of ether oxygens (including phenoxy) is 1. The SMILES string of the molecule is CCC(OC)c1noc(Cc2ccc(N)cc2)n1. The predicted octanol–water partition coefficient (Wildman–Crippen LogP) is 2.34. The zero-order valence-corrected chi connectivity index (χ0v) is 10.6. The highest BCUT2D eigenvalue weighted by Gasteiger charge is 2.15. The van der Waals surface area contributed by atoms with E-state index >= 15 is 0 Å². The molecule has 0 saturated heterocycles. The average molecular weight is 247 g/mol. The molecular weight excluding hydrogens is 230 g/mol. The van der Waals surface area contributed by atoms with Gasteiger partial charge in [0.1, 0.15) is 6.10 Å². The fraction of sp³-hybridized carbons (Fsp3) is 0.385. The first-order chi connectivity index (χ1) is 8.72.